The number of fused-ring (bicyclic) bond motifs is 1. The highest BCUT2D eigenvalue weighted by Crippen LogP contribution is 2.19. The molecule has 3 rings (SSSR count). The number of aliphatic hydroxyl groups excluding tert-OH is 1. The van der Waals surface area contributed by atoms with Gasteiger partial charge in [-0.1, -0.05) is 18.2 Å². The maximum atomic E-state index is 12.6. The Labute approximate surface area is 170 Å². The van der Waals surface area contributed by atoms with Crippen LogP contribution >= 0.6 is 12.2 Å². The third kappa shape index (κ3) is 4.58. The summed E-state index contributed by atoms with van der Waals surface area (Å²) in [6, 6.07) is 13.9. The van der Waals surface area contributed by atoms with E-state index >= 15 is 0 Å². The molecule has 1 heterocycles. The second kappa shape index (κ2) is 8.54. The predicted molar refractivity (Wildman–Crippen MR) is 119 cm³/mol. The van der Waals surface area contributed by atoms with Crippen molar-refractivity contribution in [1.29, 1.82) is 0 Å². The Morgan fingerprint density at radius 3 is 2.64 bits per heavy atom. The number of benzene rings is 2. The van der Waals surface area contributed by atoms with Crippen LogP contribution in [0.1, 0.15) is 22.3 Å². The van der Waals surface area contributed by atoms with Crippen LogP contribution in [0.2, 0.25) is 0 Å². The average Bonchev–Trinajstić information content (AvgIpc) is 2.62. The quantitative estimate of drug-likeness (QED) is 0.576. The molecule has 0 unspecified atom stereocenters. The molecule has 0 atom stereocenters. The van der Waals surface area contributed by atoms with E-state index in [2.05, 4.69) is 16.4 Å². The molecule has 3 aromatic rings. The number of H-pyrrole nitrogens is 1. The van der Waals surface area contributed by atoms with Gasteiger partial charge in [-0.2, -0.15) is 0 Å². The highest BCUT2D eigenvalue weighted by molar-refractivity contribution is 7.80. The Morgan fingerprint density at radius 1 is 1.14 bits per heavy atom. The maximum absolute atomic E-state index is 12.6. The topological polar surface area (TPSA) is 68.4 Å². The lowest BCUT2D eigenvalue weighted by atomic mass is 10.0. The zero-order valence-corrected chi connectivity index (χ0v) is 17.2. The Hall–Kier alpha value is -2.70. The van der Waals surface area contributed by atoms with Crippen LogP contribution in [0, 0.1) is 20.8 Å². The molecule has 0 aliphatic carbocycles. The monoisotopic (exact) mass is 395 g/mol. The van der Waals surface area contributed by atoms with Gasteiger partial charge in [0.2, 0.25) is 0 Å². The molecule has 0 bridgehead atoms. The Bertz CT molecular complexity index is 1080. The minimum atomic E-state index is -0.140. The molecule has 2 aromatic carbocycles. The van der Waals surface area contributed by atoms with Gasteiger partial charge in [0.05, 0.1) is 13.2 Å². The highest BCUT2D eigenvalue weighted by Gasteiger charge is 2.14. The van der Waals surface area contributed by atoms with E-state index in [1.807, 2.05) is 57.2 Å². The molecule has 0 amide bonds. The standard InChI is InChI=1S/C22H25N3O2S/c1-14-5-4-6-18(10-14)23-22(28)25(7-8-26)13-17-12-19-16(3)9-15(2)11-20(19)24-21(17)27/h4-6,9-12,26H,7-8,13H2,1-3H3,(H,23,28)(H,24,27). The van der Waals surface area contributed by atoms with Gasteiger partial charge in [0.15, 0.2) is 5.11 Å². The molecule has 0 spiro atoms. The Balaban J connectivity index is 1.88. The molecule has 0 aliphatic rings. The number of aliphatic hydroxyl groups is 1. The summed E-state index contributed by atoms with van der Waals surface area (Å²) in [6.07, 6.45) is 0. The Morgan fingerprint density at radius 2 is 1.93 bits per heavy atom. The van der Waals surface area contributed by atoms with Gasteiger partial charge in [0, 0.05) is 28.7 Å². The third-order valence-electron chi connectivity index (χ3n) is 4.68. The fraction of sp³-hybridized carbons (Fsp3) is 0.273. The van der Waals surface area contributed by atoms with Crippen molar-refractivity contribution in [2.24, 2.45) is 0 Å². The molecule has 0 radical (unpaired) electrons. The second-order valence-corrected chi connectivity index (χ2v) is 7.50. The summed E-state index contributed by atoms with van der Waals surface area (Å²) in [7, 11) is 0. The van der Waals surface area contributed by atoms with Gasteiger partial charge < -0.3 is 20.3 Å². The van der Waals surface area contributed by atoms with Crippen molar-refractivity contribution in [2.45, 2.75) is 27.3 Å². The smallest absolute Gasteiger partial charge is 0.253 e. The number of nitrogens with one attached hydrogen (secondary N) is 2. The number of aromatic nitrogens is 1. The Kier molecular flexibility index (Phi) is 6.11. The number of nitrogens with zero attached hydrogens (tertiary/aromatic N) is 1. The van der Waals surface area contributed by atoms with Crippen LogP contribution < -0.4 is 10.9 Å². The molecule has 28 heavy (non-hydrogen) atoms. The van der Waals surface area contributed by atoms with E-state index in [1.165, 1.54) is 0 Å². The number of thiocarbonyl (C=S) groups is 1. The van der Waals surface area contributed by atoms with Crippen molar-refractivity contribution in [3.63, 3.8) is 0 Å². The molecular weight excluding hydrogens is 370 g/mol. The van der Waals surface area contributed by atoms with Crippen LogP contribution in [0.15, 0.2) is 47.3 Å². The molecule has 0 fully saturated rings. The molecule has 146 valence electrons. The van der Waals surface area contributed by atoms with Gasteiger partial charge in [-0.15, -0.1) is 0 Å². The van der Waals surface area contributed by atoms with E-state index in [9.17, 15) is 9.90 Å². The zero-order valence-electron chi connectivity index (χ0n) is 16.4. The van der Waals surface area contributed by atoms with Crippen molar-refractivity contribution >= 4 is 33.9 Å². The van der Waals surface area contributed by atoms with Gasteiger partial charge in [-0.25, -0.2) is 0 Å². The number of aryl methyl sites for hydroxylation is 3. The van der Waals surface area contributed by atoms with E-state index in [0.29, 0.717) is 23.8 Å². The van der Waals surface area contributed by atoms with Gasteiger partial charge in [-0.3, -0.25) is 4.79 Å². The first-order valence-electron chi connectivity index (χ1n) is 9.24. The van der Waals surface area contributed by atoms with Crippen LogP contribution in [-0.4, -0.2) is 33.3 Å². The molecule has 1 aromatic heterocycles. The fourth-order valence-electron chi connectivity index (χ4n) is 3.34. The second-order valence-electron chi connectivity index (χ2n) is 7.11. The maximum Gasteiger partial charge on any atom is 0.253 e. The average molecular weight is 396 g/mol. The molecule has 0 saturated heterocycles. The largest absolute Gasteiger partial charge is 0.395 e. The summed E-state index contributed by atoms with van der Waals surface area (Å²) < 4.78 is 0. The number of hydrogen-bond donors (Lipinski definition) is 3. The van der Waals surface area contributed by atoms with Crippen LogP contribution in [0.5, 0.6) is 0 Å². The highest BCUT2D eigenvalue weighted by atomic mass is 32.1. The van der Waals surface area contributed by atoms with Gasteiger partial charge >= 0.3 is 0 Å². The lowest BCUT2D eigenvalue weighted by molar-refractivity contribution is 0.248. The summed E-state index contributed by atoms with van der Waals surface area (Å²) in [5.41, 5.74) is 5.53. The number of aromatic amines is 1. The molecule has 5 nitrogen and oxygen atoms in total. The zero-order chi connectivity index (χ0) is 20.3. The summed E-state index contributed by atoms with van der Waals surface area (Å²) >= 11 is 5.54. The lowest BCUT2D eigenvalue weighted by Crippen LogP contribution is -2.37. The molecule has 0 saturated carbocycles. The summed E-state index contributed by atoms with van der Waals surface area (Å²) in [5.74, 6) is 0. The number of anilines is 1. The van der Waals surface area contributed by atoms with Crippen LogP contribution in [0.3, 0.4) is 0 Å². The summed E-state index contributed by atoms with van der Waals surface area (Å²) in [5, 5.41) is 14.2. The minimum Gasteiger partial charge on any atom is -0.395 e. The first-order chi connectivity index (χ1) is 13.4. The van der Waals surface area contributed by atoms with E-state index in [0.717, 1.165) is 33.3 Å². The van der Waals surface area contributed by atoms with Crippen molar-refractivity contribution in [3.8, 4) is 0 Å². The SMILES string of the molecule is Cc1cccc(NC(=S)N(CCO)Cc2cc3c(C)cc(C)cc3[nH]c2=O)c1. The van der Waals surface area contributed by atoms with Crippen molar-refractivity contribution < 1.29 is 5.11 Å². The first kappa shape index (κ1) is 20.0. The third-order valence-corrected chi connectivity index (χ3v) is 5.04. The molecular formula is C22H25N3O2S. The van der Waals surface area contributed by atoms with Crippen molar-refractivity contribution in [3.05, 3.63) is 75.1 Å². The predicted octanol–water partition coefficient (Wildman–Crippen LogP) is 3.64. The van der Waals surface area contributed by atoms with Crippen LogP contribution in [0.4, 0.5) is 5.69 Å². The van der Waals surface area contributed by atoms with E-state index in [-0.39, 0.29) is 12.2 Å². The van der Waals surface area contributed by atoms with E-state index in [4.69, 9.17) is 12.2 Å². The minimum absolute atomic E-state index is 0.0562. The summed E-state index contributed by atoms with van der Waals surface area (Å²) in [4.78, 5) is 17.4. The van der Waals surface area contributed by atoms with E-state index < -0.39 is 0 Å². The van der Waals surface area contributed by atoms with Crippen molar-refractivity contribution in [2.75, 3.05) is 18.5 Å². The van der Waals surface area contributed by atoms with Crippen molar-refractivity contribution in [1.82, 2.24) is 9.88 Å². The van der Waals surface area contributed by atoms with Gasteiger partial charge in [-0.05, 0) is 73.9 Å². The molecule has 6 heteroatoms. The normalized spacial score (nSPS) is 10.9. The molecule has 0 aliphatic heterocycles. The van der Waals surface area contributed by atoms with Crippen LogP contribution in [0.25, 0.3) is 10.9 Å². The summed E-state index contributed by atoms with van der Waals surface area (Å²) in [6.45, 7) is 6.65. The lowest BCUT2D eigenvalue weighted by Gasteiger charge is -2.25. The number of rotatable bonds is 5. The van der Waals surface area contributed by atoms with Gasteiger partial charge in [0.1, 0.15) is 0 Å². The number of pyridine rings is 1. The fourth-order valence-corrected chi connectivity index (χ4v) is 3.61. The number of hydrogen-bond acceptors (Lipinski definition) is 3. The van der Waals surface area contributed by atoms with E-state index in [1.54, 1.807) is 4.90 Å². The first-order valence-corrected chi connectivity index (χ1v) is 9.65. The molecule has 3 N–H and O–H groups in total. The van der Waals surface area contributed by atoms with Crippen LogP contribution in [-0.2, 0) is 6.54 Å². The van der Waals surface area contributed by atoms with Gasteiger partial charge in [0.25, 0.3) is 5.56 Å².